The van der Waals surface area contributed by atoms with Gasteiger partial charge in [0.1, 0.15) is 0 Å². The molecular weight excluding hydrogens is 394 g/mol. The van der Waals surface area contributed by atoms with Gasteiger partial charge in [-0.2, -0.15) is 4.39 Å². The van der Waals surface area contributed by atoms with E-state index in [-0.39, 0.29) is 0 Å². The van der Waals surface area contributed by atoms with Crippen LogP contribution in [-0.2, 0) is 11.8 Å². The lowest BCUT2D eigenvalue weighted by Crippen LogP contribution is -2.36. The molecule has 0 saturated carbocycles. The molecule has 0 aliphatic carbocycles. The second-order valence-electron chi connectivity index (χ2n) is 5.91. The minimum atomic E-state index is -1.63. The molecule has 1 N–H and O–H groups in total. The van der Waals surface area contributed by atoms with Crippen molar-refractivity contribution in [2.45, 2.75) is 10.6 Å². The Kier molecular flexibility index (Phi) is 4.57. The zero-order valence-corrected chi connectivity index (χ0v) is 15.8. The molecular formula is C19H14Cl2FN2OS+. The van der Waals surface area contributed by atoms with E-state index in [1.807, 2.05) is 42.5 Å². The third-order valence-electron chi connectivity index (χ3n) is 4.10. The number of pyridine rings is 1. The predicted octanol–water partition coefficient (Wildman–Crippen LogP) is 4.96. The van der Waals surface area contributed by atoms with Crippen LogP contribution in [0.4, 0.5) is 15.8 Å². The number of thiol groups is 1. The van der Waals surface area contributed by atoms with Gasteiger partial charge in [0, 0.05) is 16.9 Å². The molecule has 26 heavy (non-hydrogen) atoms. The van der Waals surface area contributed by atoms with Crippen molar-refractivity contribution in [3.8, 4) is 11.1 Å². The van der Waals surface area contributed by atoms with Gasteiger partial charge < -0.3 is 5.11 Å². The number of benzene rings is 2. The normalized spacial score (nSPS) is 21.5. The molecule has 7 heteroatoms. The van der Waals surface area contributed by atoms with Crippen molar-refractivity contribution in [2.75, 3.05) is 4.90 Å². The van der Waals surface area contributed by atoms with Gasteiger partial charge in [-0.15, -0.1) is 0 Å². The van der Waals surface area contributed by atoms with Gasteiger partial charge in [-0.25, -0.2) is 0 Å². The number of halogens is 3. The van der Waals surface area contributed by atoms with Gasteiger partial charge in [-0.1, -0.05) is 47.5 Å². The van der Waals surface area contributed by atoms with E-state index in [0.717, 1.165) is 11.1 Å². The van der Waals surface area contributed by atoms with Gasteiger partial charge in [0.2, 0.25) is 0 Å². The molecule has 3 aromatic rings. The topological polar surface area (TPSA) is 36.4 Å². The van der Waals surface area contributed by atoms with E-state index < -0.39 is 10.6 Å². The Bertz CT molecular complexity index is 974. The first-order valence-corrected chi connectivity index (χ1v) is 9.54. The fraction of sp³-hybridized carbons (Fsp3) is 0.105. The summed E-state index contributed by atoms with van der Waals surface area (Å²) in [6.07, 6.45) is 3.05. The quantitative estimate of drug-likeness (QED) is 0.287. The van der Waals surface area contributed by atoms with Gasteiger partial charge in [-0.3, -0.25) is 9.88 Å². The predicted molar refractivity (Wildman–Crippen MR) is 107 cm³/mol. The summed E-state index contributed by atoms with van der Waals surface area (Å²) in [5, 5.41) is 10.1. The number of alkyl halides is 1. The smallest absolute Gasteiger partial charge is 0.323 e. The third-order valence-corrected chi connectivity index (χ3v) is 5.65. The highest BCUT2D eigenvalue weighted by molar-refractivity contribution is 7.88. The van der Waals surface area contributed by atoms with Crippen LogP contribution in [0.1, 0.15) is 0 Å². The summed E-state index contributed by atoms with van der Waals surface area (Å²) in [7, 11) is 0. The number of hydrogen-bond donors (Lipinski definition) is 1. The molecule has 2 atom stereocenters. The molecule has 2 heterocycles. The van der Waals surface area contributed by atoms with E-state index in [0.29, 0.717) is 33.2 Å². The third kappa shape index (κ3) is 3.28. The van der Waals surface area contributed by atoms with Gasteiger partial charge in [0.05, 0.1) is 28.7 Å². The molecule has 1 aliphatic rings. The number of rotatable bonds is 4. The molecule has 0 spiro atoms. The Morgan fingerprint density at radius 3 is 2.31 bits per heavy atom. The van der Waals surface area contributed by atoms with Crippen LogP contribution in [0.15, 0.2) is 67.0 Å². The van der Waals surface area contributed by atoms with Crippen molar-refractivity contribution in [2.24, 2.45) is 0 Å². The van der Waals surface area contributed by atoms with E-state index in [9.17, 15) is 9.50 Å². The highest BCUT2D eigenvalue weighted by atomic mass is 35.5. The standard InChI is InChI=1S/C19H13Cl2FN2OS/c20-14-5-1-3-12(7-14)13-4-2-6-16(8-13)24(19(25)18(22)26-19)17-9-15(21)10-23-11-17/h1-11,18,25H/p+1/t18-,19+/m1/s1. The van der Waals surface area contributed by atoms with E-state index in [1.54, 1.807) is 18.3 Å². The first-order valence-electron chi connectivity index (χ1n) is 7.82. The summed E-state index contributed by atoms with van der Waals surface area (Å²) >= 11 is 12.4. The summed E-state index contributed by atoms with van der Waals surface area (Å²) in [4.78, 5) is 5.60. The Labute approximate surface area is 164 Å². The number of aromatic nitrogens is 1. The number of aliphatic hydroxyl groups is 1. The van der Waals surface area contributed by atoms with Crippen LogP contribution in [0.5, 0.6) is 0 Å². The average molecular weight is 408 g/mol. The number of nitrogens with zero attached hydrogens (tertiary/aromatic N) is 2. The van der Waals surface area contributed by atoms with Crippen molar-refractivity contribution in [1.29, 1.82) is 0 Å². The molecule has 0 radical (unpaired) electrons. The Morgan fingerprint density at radius 1 is 0.962 bits per heavy atom. The van der Waals surface area contributed by atoms with Crippen LogP contribution < -0.4 is 4.90 Å². The second-order valence-corrected chi connectivity index (χ2v) is 8.15. The van der Waals surface area contributed by atoms with Crippen LogP contribution in [0, 0.1) is 0 Å². The molecule has 1 aliphatic heterocycles. The highest BCUT2D eigenvalue weighted by Gasteiger charge is 2.74. The van der Waals surface area contributed by atoms with Crippen LogP contribution in [-0.4, -0.2) is 20.7 Å². The minimum absolute atomic E-state index is 0.294. The Hall–Kier alpha value is -1.79. The summed E-state index contributed by atoms with van der Waals surface area (Å²) in [6.45, 7) is 0. The van der Waals surface area contributed by atoms with Gasteiger partial charge in [0.25, 0.3) is 0 Å². The van der Waals surface area contributed by atoms with Gasteiger partial charge >= 0.3 is 10.6 Å². The largest absolute Gasteiger partial charge is 0.392 e. The van der Waals surface area contributed by atoms with E-state index >= 15 is 0 Å². The molecule has 1 aromatic heterocycles. The van der Waals surface area contributed by atoms with Crippen molar-refractivity contribution in [3.05, 3.63) is 77.0 Å². The van der Waals surface area contributed by atoms with Crippen molar-refractivity contribution in [1.82, 2.24) is 4.98 Å². The molecule has 1 saturated heterocycles. The Balaban J connectivity index is 1.81. The first-order chi connectivity index (χ1) is 12.5. The summed E-state index contributed by atoms with van der Waals surface area (Å²) in [5.41, 5.74) is 1.64. The van der Waals surface area contributed by atoms with Crippen LogP contribution >= 0.6 is 23.2 Å². The van der Waals surface area contributed by atoms with Gasteiger partial charge in [0.15, 0.2) is 0 Å². The number of hydrogen-bond acceptors (Lipinski definition) is 3. The summed E-state index contributed by atoms with van der Waals surface area (Å²) in [5.74, 6) is 0. The van der Waals surface area contributed by atoms with Crippen molar-refractivity contribution < 1.29 is 9.50 Å². The van der Waals surface area contributed by atoms with Gasteiger partial charge in [-0.05, 0) is 41.5 Å². The zero-order valence-electron chi connectivity index (χ0n) is 13.4. The monoisotopic (exact) mass is 407 g/mol. The lowest BCUT2D eigenvalue weighted by Gasteiger charge is -2.24. The van der Waals surface area contributed by atoms with Crippen LogP contribution in [0.25, 0.3) is 11.1 Å². The summed E-state index contributed by atoms with van der Waals surface area (Å²) in [6, 6.07) is 16.6. The molecule has 0 amide bonds. The first kappa shape index (κ1) is 17.6. The SMILES string of the molecule is O[C@]1(N(c2cncc(Cl)c2)c2cccc(-c3cccc(Cl)c3)c2)[SH+][C@H]1F. The van der Waals surface area contributed by atoms with E-state index in [2.05, 4.69) is 4.98 Å². The zero-order chi connectivity index (χ0) is 18.3. The summed E-state index contributed by atoms with van der Waals surface area (Å²) < 4.78 is 14.0. The number of anilines is 2. The molecule has 132 valence electrons. The Morgan fingerprint density at radius 2 is 1.65 bits per heavy atom. The maximum atomic E-state index is 14.0. The minimum Gasteiger partial charge on any atom is -0.323 e. The van der Waals surface area contributed by atoms with Crippen LogP contribution in [0.3, 0.4) is 0 Å². The van der Waals surface area contributed by atoms with Crippen molar-refractivity contribution in [3.63, 3.8) is 0 Å². The fourth-order valence-electron chi connectivity index (χ4n) is 2.84. The van der Waals surface area contributed by atoms with Crippen LogP contribution in [0.2, 0.25) is 10.0 Å². The van der Waals surface area contributed by atoms with E-state index in [1.165, 1.54) is 11.1 Å². The average Bonchev–Trinajstić information content (AvgIpc) is 3.22. The maximum Gasteiger partial charge on any atom is 0.392 e. The molecule has 0 bridgehead atoms. The molecule has 0 unspecified atom stereocenters. The molecule has 3 nitrogen and oxygen atoms in total. The maximum absolute atomic E-state index is 14.0. The van der Waals surface area contributed by atoms with E-state index in [4.69, 9.17) is 23.2 Å². The molecule has 1 fully saturated rings. The molecule has 2 aromatic carbocycles. The molecule has 4 rings (SSSR count). The van der Waals surface area contributed by atoms with Crippen molar-refractivity contribution >= 4 is 46.3 Å². The fourth-order valence-corrected chi connectivity index (χ4v) is 3.92. The lowest BCUT2D eigenvalue weighted by atomic mass is 10.0. The lowest BCUT2D eigenvalue weighted by molar-refractivity contribution is 0.139. The second kappa shape index (κ2) is 6.74. The highest BCUT2D eigenvalue weighted by Crippen LogP contribution is 2.47.